The Morgan fingerprint density at radius 3 is 2.12 bits per heavy atom. The third-order valence-corrected chi connectivity index (χ3v) is 3.38. The predicted octanol–water partition coefficient (Wildman–Crippen LogP) is 1.85. The van der Waals surface area contributed by atoms with E-state index in [1.165, 1.54) is 12.1 Å². The molecule has 0 aliphatic carbocycles. The maximum absolute atomic E-state index is 12.3. The van der Waals surface area contributed by atoms with Gasteiger partial charge in [0.15, 0.2) is 13.2 Å². The molecule has 0 fully saturated rings. The fourth-order valence-electron chi connectivity index (χ4n) is 2.37. The zero-order valence-electron chi connectivity index (χ0n) is 15.9. The third kappa shape index (κ3) is 7.55. The Morgan fingerprint density at radius 2 is 1.58 bits per heavy atom. The summed E-state index contributed by atoms with van der Waals surface area (Å²) in [5.74, 6) is -0.735. The van der Waals surface area contributed by atoms with Crippen molar-refractivity contribution in [2.45, 2.75) is 27.7 Å². The highest BCUT2D eigenvalue weighted by atomic mass is 16.6. The fraction of sp³-hybridized carbons (Fsp3) is 0.526. The number of carbonyl (C=O) groups is 3. The summed E-state index contributed by atoms with van der Waals surface area (Å²) in [6, 6.07) is 6.34. The van der Waals surface area contributed by atoms with Crippen LogP contribution in [0.25, 0.3) is 0 Å². The van der Waals surface area contributed by atoms with Gasteiger partial charge in [-0.25, -0.2) is 4.79 Å². The van der Waals surface area contributed by atoms with Crippen LogP contribution < -0.4 is 10.5 Å². The first kappa shape index (κ1) is 21.5. The van der Waals surface area contributed by atoms with Gasteiger partial charge in [0.1, 0.15) is 5.75 Å². The molecular weight excluding hydrogens is 336 g/mol. The quantitative estimate of drug-likeness (QED) is 0.639. The Morgan fingerprint density at radius 1 is 1.00 bits per heavy atom. The molecule has 1 aromatic rings. The van der Waals surface area contributed by atoms with Crippen molar-refractivity contribution in [1.82, 2.24) is 4.90 Å². The minimum absolute atomic E-state index is 0.177. The summed E-state index contributed by atoms with van der Waals surface area (Å²) < 4.78 is 10.3. The fourth-order valence-corrected chi connectivity index (χ4v) is 2.37. The van der Waals surface area contributed by atoms with Gasteiger partial charge >= 0.3 is 5.97 Å². The largest absolute Gasteiger partial charge is 0.481 e. The highest BCUT2D eigenvalue weighted by Gasteiger charge is 2.18. The number of nitrogens with zero attached hydrogens (tertiary/aromatic N) is 1. The summed E-state index contributed by atoms with van der Waals surface area (Å²) in [5.41, 5.74) is 5.42. The van der Waals surface area contributed by atoms with Gasteiger partial charge in [-0.05, 0) is 24.0 Å². The molecule has 0 spiro atoms. The molecular formula is C19H28N2O5. The van der Waals surface area contributed by atoms with E-state index in [-0.39, 0.29) is 23.8 Å². The zero-order chi connectivity index (χ0) is 19.7. The lowest BCUT2D eigenvalue weighted by atomic mass is 10.1. The highest BCUT2D eigenvalue weighted by Crippen LogP contribution is 2.17. The summed E-state index contributed by atoms with van der Waals surface area (Å²) in [6.07, 6.45) is 0. The second kappa shape index (κ2) is 10.4. The molecule has 0 radical (unpaired) electrons. The number of hydrogen-bond acceptors (Lipinski definition) is 5. The van der Waals surface area contributed by atoms with Crippen molar-refractivity contribution in [3.8, 4) is 5.75 Å². The summed E-state index contributed by atoms with van der Waals surface area (Å²) in [4.78, 5) is 37.1. The van der Waals surface area contributed by atoms with Crippen molar-refractivity contribution in [3.05, 3.63) is 29.8 Å². The van der Waals surface area contributed by atoms with Crippen molar-refractivity contribution < 1.29 is 23.9 Å². The van der Waals surface area contributed by atoms with E-state index in [9.17, 15) is 14.4 Å². The number of nitrogens with two attached hydrogens (primary N) is 1. The first-order valence-electron chi connectivity index (χ1n) is 8.65. The summed E-state index contributed by atoms with van der Waals surface area (Å²) in [5, 5.41) is 0. The normalized spacial score (nSPS) is 10.7. The number of esters is 1. The van der Waals surface area contributed by atoms with E-state index in [4.69, 9.17) is 15.2 Å². The molecule has 0 saturated heterocycles. The minimum atomic E-state index is -0.688. The molecule has 0 atom stereocenters. The lowest BCUT2D eigenvalue weighted by Gasteiger charge is -2.26. The average molecular weight is 364 g/mol. The van der Waals surface area contributed by atoms with E-state index in [0.717, 1.165) is 0 Å². The van der Waals surface area contributed by atoms with E-state index in [2.05, 4.69) is 0 Å². The molecule has 1 aromatic carbocycles. The van der Waals surface area contributed by atoms with Crippen molar-refractivity contribution in [1.29, 1.82) is 0 Å². The van der Waals surface area contributed by atoms with Gasteiger partial charge in [0.25, 0.3) is 11.8 Å². The zero-order valence-corrected chi connectivity index (χ0v) is 15.9. The van der Waals surface area contributed by atoms with E-state index >= 15 is 0 Å². The molecule has 0 unspecified atom stereocenters. The molecule has 2 N–H and O–H groups in total. The predicted molar refractivity (Wildman–Crippen MR) is 97.7 cm³/mol. The van der Waals surface area contributed by atoms with Crippen LogP contribution in [0.2, 0.25) is 0 Å². The monoisotopic (exact) mass is 364 g/mol. The van der Waals surface area contributed by atoms with Crippen LogP contribution in [0, 0.1) is 11.8 Å². The molecule has 7 nitrogen and oxygen atoms in total. The standard InChI is InChI=1S/C19H28N2O5/c1-13(2)9-21(10-14(3)4)17(22)11-26-18(23)12-25-16-8-6-5-7-15(16)19(20)24/h5-8,13-14H,9-12H2,1-4H3,(H2,20,24). The molecule has 144 valence electrons. The summed E-state index contributed by atoms with van der Waals surface area (Å²) >= 11 is 0. The molecule has 7 heteroatoms. The SMILES string of the molecule is CC(C)CN(CC(C)C)C(=O)COC(=O)COc1ccccc1C(N)=O. The number of carbonyl (C=O) groups excluding carboxylic acids is 3. The number of benzene rings is 1. The maximum atomic E-state index is 12.3. The molecule has 0 aromatic heterocycles. The van der Waals surface area contributed by atoms with Gasteiger partial charge in [-0.1, -0.05) is 39.8 Å². The highest BCUT2D eigenvalue weighted by molar-refractivity contribution is 5.95. The van der Waals surface area contributed by atoms with Crippen LogP contribution >= 0.6 is 0 Å². The van der Waals surface area contributed by atoms with E-state index in [1.54, 1.807) is 17.0 Å². The number of hydrogen-bond donors (Lipinski definition) is 1. The van der Waals surface area contributed by atoms with E-state index in [0.29, 0.717) is 24.9 Å². The molecule has 0 bridgehead atoms. The summed E-state index contributed by atoms with van der Waals surface area (Å²) in [6.45, 7) is 8.57. The molecule has 0 saturated carbocycles. The van der Waals surface area contributed by atoms with Crippen LogP contribution in [0.1, 0.15) is 38.1 Å². The second-order valence-electron chi connectivity index (χ2n) is 6.90. The molecule has 0 heterocycles. The first-order valence-corrected chi connectivity index (χ1v) is 8.65. The Hall–Kier alpha value is -2.57. The average Bonchev–Trinajstić information content (AvgIpc) is 2.56. The van der Waals surface area contributed by atoms with Crippen LogP contribution in [0.4, 0.5) is 0 Å². The minimum Gasteiger partial charge on any atom is -0.481 e. The molecule has 0 aliphatic heterocycles. The van der Waals surface area contributed by atoms with Crippen molar-refractivity contribution in [2.24, 2.45) is 17.6 Å². The number of para-hydroxylation sites is 1. The van der Waals surface area contributed by atoms with Gasteiger partial charge in [0, 0.05) is 13.1 Å². The van der Waals surface area contributed by atoms with Crippen LogP contribution in [0.5, 0.6) is 5.75 Å². The Bertz CT molecular complexity index is 618. The lowest BCUT2D eigenvalue weighted by Crippen LogP contribution is -2.39. The smallest absolute Gasteiger partial charge is 0.344 e. The van der Waals surface area contributed by atoms with E-state index < -0.39 is 18.5 Å². The van der Waals surface area contributed by atoms with Crippen LogP contribution in [0.3, 0.4) is 0 Å². The van der Waals surface area contributed by atoms with Gasteiger partial charge in [-0.2, -0.15) is 0 Å². The van der Waals surface area contributed by atoms with Gasteiger partial charge in [-0.3, -0.25) is 9.59 Å². The van der Waals surface area contributed by atoms with Gasteiger partial charge in [-0.15, -0.1) is 0 Å². The molecule has 2 amide bonds. The van der Waals surface area contributed by atoms with E-state index in [1.807, 2.05) is 27.7 Å². The second-order valence-corrected chi connectivity index (χ2v) is 6.90. The molecule has 0 aliphatic rings. The maximum Gasteiger partial charge on any atom is 0.344 e. The van der Waals surface area contributed by atoms with Gasteiger partial charge in [0.05, 0.1) is 5.56 Å². The third-order valence-electron chi connectivity index (χ3n) is 3.38. The summed E-state index contributed by atoms with van der Waals surface area (Å²) in [7, 11) is 0. The first-order chi connectivity index (χ1) is 12.2. The Kier molecular flexibility index (Phi) is 8.61. The Balaban J connectivity index is 2.52. The van der Waals surface area contributed by atoms with Crippen LogP contribution in [-0.2, 0) is 14.3 Å². The van der Waals surface area contributed by atoms with Crippen LogP contribution in [-0.4, -0.2) is 49.0 Å². The van der Waals surface area contributed by atoms with Crippen LogP contribution in [0.15, 0.2) is 24.3 Å². The van der Waals surface area contributed by atoms with Gasteiger partial charge < -0.3 is 20.1 Å². The van der Waals surface area contributed by atoms with Crippen molar-refractivity contribution in [2.75, 3.05) is 26.3 Å². The van der Waals surface area contributed by atoms with Crippen molar-refractivity contribution >= 4 is 17.8 Å². The Labute approximate surface area is 154 Å². The number of ether oxygens (including phenoxy) is 2. The topological polar surface area (TPSA) is 98.9 Å². The number of rotatable bonds is 10. The number of amides is 2. The lowest BCUT2D eigenvalue weighted by molar-refractivity contribution is -0.154. The van der Waals surface area contributed by atoms with Gasteiger partial charge in [0.2, 0.25) is 0 Å². The number of primary amides is 1. The molecule has 26 heavy (non-hydrogen) atoms. The molecule has 1 rings (SSSR count). The van der Waals surface area contributed by atoms with Crippen molar-refractivity contribution in [3.63, 3.8) is 0 Å².